The van der Waals surface area contributed by atoms with E-state index in [0.717, 1.165) is 31.3 Å². The minimum absolute atomic E-state index is 0.114. The Morgan fingerprint density at radius 1 is 1.18 bits per heavy atom. The van der Waals surface area contributed by atoms with E-state index in [1.165, 1.54) is 16.4 Å². The number of halogens is 1. The quantitative estimate of drug-likeness (QED) is 0.565. The molecule has 2 aliphatic rings. The number of ether oxygens (including phenoxy) is 1. The summed E-state index contributed by atoms with van der Waals surface area (Å²) in [5, 5.41) is 3.00. The SMILES string of the molecule is CC1CC(c2ncc(-c3nc(Nc4ccc(S(=O)(=O)N5CCC5)cc4)ncc3F)[nH]2)CCO1. The van der Waals surface area contributed by atoms with Crippen molar-refractivity contribution < 1.29 is 17.5 Å². The second kappa shape index (κ2) is 8.81. The average molecular weight is 473 g/mol. The first-order valence-electron chi connectivity index (χ1n) is 11.0. The molecule has 9 nitrogen and oxygen atoms in total. The lowest BCUT2D eigenvalue weighted by atomic mass is 9.96. The van der Waals surface area contributed by atoms with Crippen molar-refractivity contribution in [3.05, 3.63) is 48.3 Å². The van der Waals surface area contributed by atoms with Crippen molar-refractivity contribution in [2.24, 2.45) is 0 Å². The van der Waals surface area contributed by atoms with E-state index in [1.54, 1.807) is 18.3 Å². The Morgan fingerprint density at radius 2 is 1.97 bits per heavy atom. The Kier molecular flexibility index (Phi) is 5.85. The van der Waals surface area contributed by atoms with Crippen LogP contribution in [0.25, 0.3) is 11.4 Å². The molecule has 0 radical (unpaired) electrons. The lowest BCUT2D eigenvalue weighted by molar-refractivity contribution is 0.0174. The van der Waals surface area contributed by atoms with Gasteiger partial charge in [-0.2, -0.15) is 4.31 Å². The van der Waals surface area contributed by atoms with Gasteiger partial charge in [0.25, 0.3) is 0 Å². The van der Waals surface area contributed by atoms with Gasteiger partial charge in [-0.05, 0) is 50.5 Å². The zero-order valence-corrected chi connectivity index (χ0v) is 19.0. The first kappa shape index (κ1) is 21.9. The van der Waals surface area contributed by atoms with Crippen molar-refractivity contribution in [3.8, 4) is 11.4 Å². The fourth-order valence-electron chi connectivity index (χ4n) is 4.04. The Hall–Kier alpha value is -2.89. The predicted molar refractivity (Wildman–Crippen MR) is 120 cm³/mol. The van der Waals surface area contributed by atoms with Gasteiger partial charge in [0.1, 0.15) is 11.5 Å². The number of nitrogens with one attached hydrogen (secondary N) is 2. The minimum Gasteiger partial charge on any atom is -0.378 e. The largest absolute Gasteiger partial charge is 0.378 e. The molecule has 5 rings (SSSR count). The molecule has 2 aliphatic heterocycles. The highest BCUT2D eigenvalue weighted by molar-refractivity contribution is 7.89. The number of imidazole rings is 1. The van der Waals surface area contributed by atoms with E-state index in [-0.39, 0.29) is 28.6 Å². The van der Waals surface area contributed by atoms with Gasteiger partial charge in [0.2, 0.25) is 16.0 Å². The molecule has 2 atom stereocenters. The number of aromatic nitrogens is 4. The lowest BCUT2D eigenvalue weighted by Crippen LogP contribution is -2.41. The summed E-state index contributed by atoms with van der Waals surface area (Å²) < 4.78 is 46.5. The van der Waals surface area contributed by atoms with Gasteiger partial charge in [-0.3, -0.25) is 0 Å². The van der Waals surface area contributed by atoms with E-state index in [2.05, 4.69) is 25.3 Å². The molecule has 2 unspecified atom stereocenters. The molecular formula is C22H25FN6O3S. The topological polar surface area (TPSA) is 113 Å². The summed E-state index contributed by atoms with van der Waals surface area (Å²) in [6, 6.07) is 6.35. The first-order chi connectivity index (χ1) is 15.9. The molecule has 33 heavy (non-hydrogen) atoms. The van der Waals surface area contributed by atoms with Crippen molar-refractivity contribution in [1.29, 1.82) is 0 Å². The van der Waals surface area contributed by atoms with Crippen molar-refractivity contribution >= 4 is 21.7 Å². The van der Waals surface area contributed by atoms with Crippen LogP contribution >= 0.6 is 0 Å². The molecule has 2 saturated heterocycles. The summed E-state index contributed by atoms with van der Waals surface area (Å²) in [6.07, 6.45) is 5.45. The summed E-state index contributed by atoms with van der Waals surface area (Å²) in [5.41, 5.74) is 1.18. The van der Waals surface area contributed by atoms with Crippen LogP contribution in [0.3, 0.4) is 0 Å². The molecule has 11 heteroatoms. The lowest BCUT2D eigenvalue weighted by Gasteiger charge is -2.29. The number of anilines is 2. The molecule has 3 aromatic rings. The van der Waals surface area contributed by atoms with Crippen LogP contribution < -0.4 is 5.32 Å². The third-order valence-corrected chi connectivity index (χ3v) is 7.94. The summed E-state index contributed by atoms with van der Waals surface area (Å²) in [5.74, 6) is 0.662. The highest BCUT2D eigenvalue weighted by Crippen LogP contribution is 2.30. The van der Waals surface area contributed by atoms with E-state index in [0.29, 0.717) is 31.1 Å². The second-order valence-electron chi connectivity index (χ2n) is 8.38. The smallest absolute Gasteiger partial charge is 0.243 e. The molecule has 0 bridgehead atoms. The fraction of sp³-hybridized carbons (Fsp3) is 0.409. The van der Waals surface area contributed by atoms with Gasteiger partial charge in [-0.1, -0.05) is 0 Å². The number of H-pyrrole nitrogens is 1. The number of hydrogen-bond acceptors (Lipinski definition) is 7. The second-order valence-corrected chi connectivity index (χ2v) is 10.3. The number of hydrogen-bond donors (Lipinski definition) is 2. The van der Waals surface area contributed by atoms with E-state index < -0.39 is 15.8 Å². The molecular weight excluding hydrogens is 447 g/mol. The third-order valence-electron chi connectivity index (χ3n) is 6.03. The summed E-state index contributed by atoms with van der Waals surface area (Å²) in [6.45, 7) is 3.82. The van der Waals surface area contributed by atoms with Crippen molar-refractivity contribution in [2.45, 2.75) is 43.1 Å². The monoisotopic (exact) mass is 472 g/mol. The number of rotatable bonds is 6. The molecule has 174 valence electrons. The number of aromatic amines is 1. The van der Waals surface area contributed by atoms with Crippen molar-refractivity contribution in [1.82, 2.24) is 24.2 Å². The zero-order chi connectivity index (χ0) is 23.0. The van der Waals surface area contributed by atoms with Crippen LogP contribution in [0.5, 0.6) is 0 Å². The van der Waals surface area contributed by atoms with Crippen LogP contribution in [0, 0.1) is 5.82 Å². The highest BCUT2D eigenvalue weighted by Gasteiger charge is 2.29. The van der Waals surface area contributed by atoms with Gasteiger partial charge in [0.15, 0.2) is 5.82 Å². The number of sulfonamides is 1. The van der Waals surface area contributed by atoms with Crippen LogP contribution in [-0.2, 0) is 14.8 Å². The van der Waals surface area contributed by atoms with Gasteiger partial charge in [0.05, 0.1) is 29.1 Å². The number of nitrogens with zero attached hydrogens (tertiary/aromatic N) is 4. The van der Waals surface area contributed by atoms with Gasteiger partial charge in [-0.25, -0.2) is 27.8 Å². The zero-order valence-electron chi connectivity index (χ0n) is 18.2. The van der Waals surface area contributed by atoms with Crippen LogP contribution in [0.15, 0.2) is 41.6 Å². The molecule has 0 amide bonds. The van der Waals surface area contributed by atoms with Crippen LogP contribution in [-0.4, -0.2) is 58.5 Å². The highest BCUT2D eigenvalue weighted by atomic mass is 32.2. The minimum atomic E-state index is -3.45. The Labute approximate surface area is 191 Å². The van der Waals surface area contributed by atoms with E-state index in [1.807, 2.05) is 6.92 Å². The normalized spacial score (nSPS) is 21.5. The molecule has 1 aromatic carbocycles. The van der Waals surface area contributed by atoms with Gasteiger partial charge < -0.3 is 15.0 Å². The third kappa shape index (κ3) is 4.48. The van der Waals surface area contributed by atoms with Gasteiger partial charge in [0, 0.05) is 31.3 Å². The molecule has 0 spiro atoms. The molecule has 0 saturated carbocycles. The van der Waals surface area contributed by atoms with E-state index in [9.17, 15) is 12.8 Å². The van der Waals surface area contributed by atoms with Crippen molar-refractivity contribution in [2.75, 3.05) is 25.0 Å². The van der Waals surface area contributed by atoms with Crippen LogP contribution in [0.2, 0.25) is 0 Å². The van der Waals surface area contributed by atoms with Gasteiger partial charge >= 0.3 is 0 Å². The molecule has 4 heterocycles. The van der Waals surface area contributed by atoms with Gasteiger partial charge in [-0.15, -0.1) is 0 Å². The Balaban J connectivity index is 1.33. The maximum atomic E-state index is 14.5. The summed E-state index contributed by atoms with van der Waals surface area (Å²) in [4.78, 5) is 16.2. The molecule has 2 N–H and O–H groups in total. The summed E-state index contributed by atoms with van der Waals surface area (Å²) in [7, 11) is -3.45. The van der Waals surface area contributed by atoms with Crippen LogP contribution in [0.4, 0.5) is 16.0 Å². The maximum Gasteiger partial charge on any atom is 0.243 e. The van der Waals surface area contributed by atoms with Crippen LogP contribution in [0.1, 0.15) is 37.9 Å². The Morgan fingerprint density at radius 3 is 2.67 bits per heavy atom. The Bertz CT molecular complexity index is 1240. The molecule has 2 fully saturated rings. The maximum absolute atomic E-state index is 14.5. The standard InChI is InChI=1S/C22H25FN6O3S/c1-14-11-15(7-10-32-14)21-24-13-19(27-21)20-18(23)12-25-22(28-20)26-16-3-5-17(6-4-16)33(30,31)29-8-2-9-29/h3-6,12-15H,2,7-11H2,1H3,(H,24,27)(H,25,26,28). The van der Waals surface area contributed by atoms with E-state index in [4.69, 9.17) is 4.74 Å². The molecule has 2 aromatic heterocycles. The number of benzene rings is 1. The average Bonchev–Trinajstić information content (AvgIpc) is 3.24. The fourth-order valence-corrected chi connectivity index (χ4v) is 5.56. The summed E-state index contributed by atoms with van der Waals surface area (Å²) >= 11 is 0. The molecule has 0 aliphatic carbocycles. The van der Waals surface area contributed by atoms with E-state index >= 15 is 0 Å². The predicted octanol–water partition coefficient (Wildman–Crippen LogP) is 3.43. The first-order valence-corrected chi connectivity index (χ1v) is 12.4. The van der Waals surface area contributed by atoms with Crippen molar-refractivity contribution in [3.63, 3.8) is 0 Å².